The molecule has 1 N–H and O–H groups in total. The van der Waals surface area contributed by atoms with Gasteiger partial charge in [-0.05, 0) is 24.6 Å². The Balaban J connectivity index is 1.76. The molecule has 5 nitrogen and oxygen atoms in total. The van der Waals surface area contributed by atoms with E-state index in [9.17, 15) is 0 Å². The molecule has 0 aliphatic carbocycles. The Hall–Kier alpha value is -2.79. The maximum Gasteiger partial charge on any atom is 0.127 e. The number of methoxy groups -OCH3 is 2. The zero-order valence-electron chi connectivity index (χ0n) is 14.8. The fraction of sp³-hybridized carbons (Fsp3) is 0.250. The highest BCUT2D eigenvalue weighted by atomic mass is 16.5. The van der Waals surface area contributed by atoms with Gasteiger partial charge in [0.1, 0.15) is 11.5 Å². The molecule has 0 saturated heterocycles. The van der Waals surface area contributed by atoms with E-state index < -0.39 is 0 Å². The summed E-state index contributed by atoms with van der Waals surface area (Å²) in [5.74, 6) is 1.61. The molecular weight excluding hydrogens is 314 g/mol. The second kappa shape index (κ2) is 7.85. The third kappa shape index (κ3) is 3.83. The summed E-state index contributed by atoms with van der Waals surface area (Å²) in [6.45, 7) is 2.87. The van der Waals surface area contributed by atoms with Gasteiger partial charge in [-0.2, -0.15) is 0 Å². The fourth-order valence-electron chi connectivity index (χ4n) is 2.86. The van der Waals surface area contributed by atoms with Crippen LogP contribution >= 0.6 is 0 Å². The van der Waals surface area contributed by atoms with Crippen molar-refractivity contribution in [2.75, 3.05) is 14.2 Å². The molecule has 0 radical (unpaired) electrons. The molecule has 0 fully saturated rings. The largest absolute Gasteiger partial charge is 0.497 e. The quantitative estimate of drug-likeness (QED) is 0.713. The lowest BCUT2D eigenvalue weighted by molar-refractivity contribution is 0.386. The maximum absolute atomic E-state index is 5.51. The number of benzene rings is 2. The van der Waals surface area contributed by atoms with Gasteiger partial charge in [-0.25, -0.2) is 4.98 Å². The first kappa shape index (κ1) is 17.0. The molecule has 1 heterocycles. The summed E-state index contributed by atoms with van der Waals surface area (Å²) < 4.78 is 12.8. The molecule has 3 rings (SSSR count). The average Bonchev–Trinajstić information content (AvgIpc) is 3.20. The summed E-state index contributed by atoms with van der Waals surface area (Å²) in [6, 6.07) is 14.3. The third-order valence-electron chi connectivity index (χ3n) is 4.28. The smallest absolute Gasteiger partial charge is 0.127 e. The highest BCUT2D eigenvalue weighted by Crippen LogP contribution is 2.29. The Morgan fingerprint density at radius 2 is 1.96 bits per heavy atom. The zero-order chi connectivity index (χ0) is 17.6. The molecule has 0 unspecified atom stereocenters. The van der Waals surface area contributed by atoms with Crippen LogP contribution in [0.15, 0.2) is 61.2 Å². The molecule has 1 aromatic heterocycles. The van der Waals surface area contributed by atoms with E-state index >= 15 is 0 Å². The summed E-state index contributed by atoms with van der Waals surface area (Å²) >= 11 is 0. The fourth-order valence-corrected chi connectivity index (χ4v) is 2.86. The van der Waals surface area contributed by atoms with Crippen LogP contribution in [0.3, 0.4) is 0 Å². The SMILES string of the molecule is COc1ccc([C@@H](C)NCc2ccccc2-n2ccnc2)c(OC)c1. The second-order valence-corrected chi connectivity index (χ2v) is 5.81. The van der Waals surface area contributed by atoms with E-state index in [4.69, 9.17) is 9.47 Å². The van der Waals surface area contributed by atoms with Crippen LogP contribution in [0, 0.1) is 0 Å². The Morgan fingerprint density at radius 1 is 1.12 bits per heavy atom. The van der Waals surface area contributed by atoms with Crippen molar-refractivity contribution in [1.29, 1.82) is 0 Å². The van der Waals surface area contributed by atoms with Gasteiger partial charge >= 0.3 is 0 Å². The monoisotopic (exact) mass is 337 g/mol. The van der Waals surface area contributed by atoms with Gasteiger partial charge in [-0.1, -0.05) is 24.3 Å². The van der Waals surface area contributed by atoms with E-state index in [2.05, 4.69) is 35.4 Å². The Bertz CT molecular complexity index is 816. The van der Waals surface area contributed by atoms with Crippen LogP contribution in [0.4, 0.5) is 0 Å². The molecule has 2 aromatic carbocycles. The number of ether oxygens (including phenoxy) is 2. The number of hydrogen-bond donors (Lipinski definition) is 1. The van der Waals surface area contributed by atoms with Crippen LogP contribution in [0.25, 0.3) is 5.69 Å². The van der Waals surface area contributed by atoms with Gasteiger partial charge in [0.15, 0.2) is 0 Å². The molecule has 0 amide bonds. The standard InChI is InChI=1S/C20H23N3O2/c1-15(18-9-8-17(24-2)12-20(18)25-3)22-13-16-6-4-5-7-19(16)23-11-10-21-14-23/h4-12,14-15,22H,13H2,1-3H3/t15-/m1/s1. The molecule has 25 heavy (non-hydrogen) atoms. The van der Waals surface area contributed by atoms with Crippen molar-refractivity contribution >= 4 is 0 Å². The lowest BCUT2D eigenvalue weighted by Gasteiger charge is -2.19. The molecule has 1 atom stereocenters. The van der Waals surface area contributed by atoms with Gasteiger partial charge in [0.25, 0.3) is 0 Å². The third-order valence-corrected chi connectivity index (χ3v) is 4.28. The van der Waals surface area contributed by atoms with Crippen molar-refractivity contribution in [1.82, 2.24) is 14.9 Å². The van der Waals surface area contributed by atoms with E-state index in [1.807, 2.05) is 41.4 Å². The lowest BCUT2D eigenvalue weighted by Crippen LogP contribution is -2.19. The molecule has 130 valence electrons. The predicted molar refractivity (Wildman–Crippen MR) is 98.4 cm³/mol. The van der Waals surface area contributed by atoms with E-state index in [-0.39, 0.29) is 6.04 Å². The maximum atomic E-state index is 5.51. The number of rotatable bonds is 7. The predicted octanol–water partition coefficient (Wildman–Crippen LogP) is 3.74. The van der Waals surface area contributed by atoms with Crippen molar-refractivity contribution in [3.63, 3.8) is 0 Å². The molecule has 0 spiro atoms. The molecule has 3 aromatic rings. The highest BCUT2D eigenvalue weighted by molar-refractivity contribution is 5.43. The van der Waals surface area contributed by atoms with Crippen LogP contribution < -0.4 is 14.8 Å². The normalized spacial score (nSPS) is 12.0. The van der Waals surface area contributed by atoms with E-state index in [0.29, 0.717) is 0 Å². The first-order valence-corrected chi connectivity index (χ1v) is 8.24. The molecule has 0 aliphatic heterocycles. The molecule has 0 bridgehead atoms. The average molecular weight is 337 g/mol. The van der Waals surface area contributed by atoms with E-state index in [1.54, 1.807) is 20.4 Å². The van der Waals surface area contributed by atoms with Gasteiger partial charge in [0, 0.05) is 36.6 Å². The summed E-state index contributed by atoms with van der Waals surface area (Å²) in [4.78, 5) is 4.14. The van der Waals surface area contributed by atoms with Crippen LogP contribution in [0.5, 0.6) is 11.5 Å². The highest BCUT2D eigenvalue weighted by Gasteiger charge is 2.13. The van der Waals surface area contributed by atoms with Crippen LogP contribution in [-0.2, 0) is 6.54 Å². The number of nitrogens with zero attached hydrogens (tertiary/aromatic N) is 2. The van der Waals surface area contributed by atoms with Gasteiger partial charge in [-0.15, -0.1) is 0 Å². The van der Waals surface area contributed by atoms with Gasteiger partial charge in [-0.3, -0.25) is 0 Å². The van der Waals surface area contributed by atoms with Gasteiger partial charge in [0.05, 0.1) is 26.2 Å². The van der Waals surface area contributed by atoms with Crippen molar-refractivity contribution in [3.8, 4) is 17.2 Å². The molecular formula is C20H23N3O2. The van der Waals surface area contributed by atoms with Crippen molar-refractivity contribution in [2.24, 2.45) is 0 Å². The van der Waals surface area contributed by atoms with Crippen LogP contribution in [-0.4, -0.2) is 23.8 Å². The topological polar surface area (TPSA) is 48.3 Å². The number of hydrogen-bond acceptors (Lipinski definition) is 4. The molecule has 5 heteroatoms. The number of para-hydroxylation sites is 1. The zero-order valence-corrected chi connectivity index (χ0v) is 14.8. The first-order valence-electron chi connectivity index (χ1n) is 8.24. The van der Waals surface area contributed by atoms with Crippen molar-refractivity contribution < 1.29 is 9.47 Å². The minimum absolute atomic E-state index is 0.136. The number of nitrogens with one attached hydrogen (secondary N) is 1. The van der Waals surface area contributed by atoms with Crippen LogP contribution in [0.1, 0.15) is 24.1 Å². The first-order chi connectivity index (χ1) is 12.2. The minimum atomic E-state index is 0.136. The Labute approximate surface area is 148 Å². The summed E-state index contributed by atoms with van der Waals surface area (Å²) in [7, 11) is 3.34. The van der Waals surface area contributed by atoms with Crippen LogP contribution in [0.2, 0.25) is 0 Å². The Morgan fingerprint density at radius 3 is 2.68 bits per heavy atom. The molecule has 0 saturated carbocycles. The lowest BCUT2D eigenvalue weighted by atomic mass is 10.1. The van der Waals surface area contributed by atoms with E-state index in [0.717, 1.165) is 29.3 Å². The summed E-state index contributed by atoms with van der Waals surface area (Å²) in [5, 5.41) is 3.58. The van der Waals surface area contributed by atoms with E-state index in [1.165, 1.54) is 5.56 Å². The van der Waals surface area contributed by atoms with Gasteiger partial charge in [0.2, 0.25) is 0 Å². The number of imidazole rings is 1. The second-order valence-electron chi connectivity index (χ2n) is 5.81. The molecule has 0 aliphatic rings. The van der Waals surface area contributed by atoms with Gasteiger partial charge < -0.3 is 19.4 Å². The number of aromatic nitrogens is 2. The van der Waals surface area contributed by atoms with Crippen molar-refractivity contribution in [3.05, 3.63) is 72.3 Å². The van der Waals surface area contributed by atoms with Crippen molar-refractivity contribution in [2.45, 2.75) is 19.5 Å². The summed E-state index contributed by atoms with van der Waals surface area (Å²) in [5.41, 5.74) is 3.43. The summed E-state index contributed by atoms with van der Waals surface area (Å²) in [6.07, 6.45) is 5.55. The minimum Gasteiger partial charge on any atom is -0.497 e. The Kier molecular flexibility index (Phi) is 5.36.